The van der Waals surface area contributed by atoms with Crippen LogP contribution >= 0.6 is 28.1 Å². The molecule has 1 aromatic carbocycles. The zero-order valence-electron chi connectivity index (χ0n) is 12.0. The fourth-order valence-corrected chi connectivity index (χ4v) is 2.65. The number of amides is 2. The van der Waals surface area contributed by atoms with Crippen molar-refractivity contribution in [2.24, 2.45) is 0 Å². The molecule has 24 heavy (non-hydrogen) atoms. The maximum atomic E-state index is 12.4. The van der Waals surface area contributed by atoms with Crippen LogP contribution in [-0.2, 0) is 9.59 Å². The summed E-state index contributed by atoms with van der Waals surface area (Å²) in [4.78, 5) is 35.8. The van der Waals surface area contributed by atoms with Gasteiger partial charge in [0.1, 0.15) is 17.4 Å². The molecule has 1 aliphatic heterocycles. The summed E-state index contributed by atoms with van der Waals surface area (Å²) in [6.45, 7) is 0. The minimum Gasteiger partial charge on any atom is -0.463 e. The number of fused-ring (bicyclic) bond motifs is 1. The van der Waals surface area contributed by atoms with E-state index in [4.69, 9.17) is 16.6 Å². The number of allylic oxidation sites excluding steroid dienone is 2. The first-order valence-corrected chi connectivity index (χ1v) is 7.92. The van der Waals surface area contributed by atoms with E-state index in [1.807, 2.05) is 0 Å². The van der Waals surface area contributed by atoms with E-state index in [0.717, 1.165) is 4.47 Å². The SMILES string of the molecule is O=C1NC(=S)NC(=O)C1=CC=Cc1coc2ccc(Br)cc2c1=O. The summed E-state index contributed by atoms with van der Waals surface area (Å²) in [5.74, 6) is -1.19. The Labute approximate surface area is 149 Å². The average molecular weight is 405 g/mol. The Kier molecular flexibility index (Phi) is 4.41. The fraction of sp³-hybridized carbons (Fsp3) is 0. The second-order valence-corrected chi connectivity index (χ2v) is 6.16. The van der Waals surface area contributed by atoms with Crippen molar-refractivity contribution in [2.45, 2.75) is 0 Å². The van der Waals surface area contributed by atoms with Gasteiger partial charge in [-0.05, 0) is 42.6 Å². The predicted molar refractivity (Wildman–Crippen MR) is 96.2 cm³/mol. The van der Waals surface area contributed by atoms with Crippen LogP contribution in [0.2, 0.25) is 0 Å². The molecule has 1 aromatic heterocycles. The molecule has 8 heteroatoms. The molecule has 0 bridgehead atoms. The number of hydrogen-bond acceptors (Lipinski definition) is 5. The van der Waals surface area contributed by atoms with E-state index in [0.29, 0.717) is 16.5 Å². The van der Waals surface area contributed by atoms with Crippen LogP contribution in [-0.4, -0.2) is 16.9 Å². The Morgan fingerprint density at radius 1 is 1.12 bits per heavy atom. The highest BCUT2D eigenvalue weighted by atomic mass is 79.9. The van der Waals surface area contributed by atoms with Crippen LogP contribution in [0.3, 0.4) is 0 Å². The molecule has 0 atom stereocenters. The summed E-state index contributed by atoms with van der Waals surface area (Å²) < 4.78 is 6.17. The van der Waals surface area contributed by atoms with Crippen LogP contribution in [0.5, 0.6) is 0 Å². The second-order valence-electron chi connectivity index (χ2n) is 4.84. The summed E-state index contributed by atoms with van der Waals surface area (Å²) in [6.07, 6.45) is 5.52. The summed E-state index contributed by atoms with van der Waals surface area (Å²) in [7, 11) is 0. The lowest BCUT2D eigenvalue weighted by molar-refractivity contribution is -0.123. The van der Waals surface area contributed by atoms with Gasteiger partial charge in [0.2, 0.25) is 0 Å². The molecule has 120 valence electrons. The van der Waals surface area contributed by atoms with Crippen LogP contribution < -0.4 is 16.1 Å². The van der Waals surface area contributed by atoms with Crippen molar-refractivity contribution in [1.82, 2.24) is 10.6 Å². The number of rotatable bonds is 2. The normalized spacial score (nSPS) is 14.9. The molecule has 1 aliphatic rings. The van der Waals surface area contributed by atoms with Gasteiger partial charge in [0.15, 0.2) is 10.5 Å². The van der Waals surface area contributed by atoms with Crippen LogP contribution in [0.15, 0.2) is 55.9 Å². The standard InChI is InChI=1S/C16H9BrN2O4S/c17-9-4-5-12-11(6-9)13(20)8(7-23-12)2-1-3-10-14(21)18-16(24)19-15(10)22/h1-7H,(H2,18,19,21,22,24). The van der Waals surface area contributed by atoms with Crippen molar-refractivity contribution in [1.29, 1.82) is 0 Å². The molecule has 0 unspecified atom stereocenters. The van der Waals surface area contributed by atoms with E-state index < -0.39 is 11.8 Å². The third-order valence-corrected chi connectivity index (χ3v) is 3.94. The Balaban J connectivity index is 1.94. The third kappa shape index (κ3) is 3.19. The fourth-order valence-electron chi connectivity index (χ4n) is 2.11. The van der Waals surface area contributed by atoms with E-state index in [-0.39, 0.29) is 16.1 Å². The van der Waals surface area contributed by atoms with Gasteiger partial charge in [-0.25, -0.2) is 0 Å². The van der Waals surface area contributed by atoms with Gasteiger partial charge in [0.25, 0.3) is 11.8 Å². The maximum Gasteiger partial charge on any atom is 0.263 e. The predicted octanol–water partition coefficient (Wildman–Crippen LogP) is 2.03. The van der Waals surface area contributed by atoms with Crippen molar-refractivity contribution < 1.29 is 14.0 Å². The van der Waals surface area contributed by atoms with Gasteiger partial charge in [-0.15, -0.1) is 0 Å². The van der Waals surface area contributed by atoms with Gasteiger partial charge < -0.3 is 4.42 Å². The second kappa shape index (κ2) is 6.50. The molecular formula is C16H9BrN2O4S. The van der Waals surface area contributed by atoms with E-state index in [2.05, 4.69) is 26.6 Å². The maximum absolute atomic E-state index is 12.4. The highest BCUT2D eigenvalue weighted by Gasteiger charge is 2.24. The number of carbonyl (C=O) groups is 2. The lowest BCUT2D eigenvalue weighted by atomic mass is 10.1. The van der Waals surface area contributed by atoms with Gasteiger partial charge >= 0.3 is 0 Å². The van der Waals surface area contributed by atoms with Gasteiger partial charge in [-0.3, -0.25) is 25.0 Å². The summed E-state index contributed by atoms with van der Waals surface area (Å²) in [5.41, 5.74) is 0.446. The van der Waals surface area contributed by atoms with Crippen molar-refractivity contribution >= 4 is 62.1 Å². The van der Waals surface area contributed by atoms with E-state index in [9.17, 15) is 14.4 Å². The first-order chi connectivity index (χ1) is 11.5. The van der Waals surface area contributed by atoms with Crippen LogP contribution in [0.4, 0.5) is 0 Å². The molecular weight excluding hydrogens is 396 g/mol. The minimum absolute atomic E-state index is 0.0353. The monoisotopic (exact) mass is 404 g/mol. The largest absolute Gasteiger partial charge is 0.463 e. The van der Waals surface area contributed by atoms with E-state index in [1.165, 1.54) is 24.5 Å². The van der Waals surface area contributed by atoms with Gasteiger partial charge in [-0.2, -0.15) is 0 Å². The first kappa shape index (κ1) is 16.3. The molecule has 3 rings (SSSR count). The molecule has 2 amide bonds. The van der Waals surface area contributed by atoms with Crippen molar-refractivity contribution in [3.05, 3.63) is 62.4 Å². The van der Waals surface area contributed by atoms with Gasteiger partial charge in [0.05, 0.1) is 10.9 Å². The first-order valence-electron chi connectivity index (χ1n) is 6.72. The molecule has 1 fully saturated rings. The van der Waals surface area contributed by atoms with Crippen LogP contribution in [0, 0.1) is 0 Å². The number of benzene rings is 1. The lowest BCUT2D eigenvalue weighted by Crippen LogP contribution is -2.51. The number of carbonyl (C=O) groups excluding carboxylic acids is 2. The average Bonchev–Trinajstić information content (AvgIpc) is 2.52. The van der Waals surface area contributed by atoms with Gasteiger partial charge in [0, 0.05) is 4.47 Å². The van der Waals surface area contributed by atoms with Crippen molar-refractivity contribution in [3.63, 3.8) is 0 Å². The Hall–Kier alpha value is -2.58. The zero-order valence-corrected chi connectivity index (χ0v) is 14.4. The third-order valence-electron chi connectivity index (χ3n) is 3.24. The molecule has 0 aliphatic carbocycles. The van der Waals surface area contributed by atoms with Crippen LogP contribution in [0.25, 0.3) is 17.0 Å². The molecule has 0 saturated carbocycles. The highest BCUT2D eigenvalue weighted by molar-refractivity contribution is 9.10. The number of hydrogen-bond donors (Lipinski definition) is 2. The van der Waals surface area contributed by atoms with Crippen molar-refractivity contribution in [3.8, 4) is 0 Å². The van der Waals surface area contributed by atoms with Gasteiger partial charge in [-0.1, -0.05) is 22.0 Å². The number of nitrogens with one attached hydrogen (secondary N) is 2. The quantitative estimate of drug-likeness (QED) is 0.454. The Morgan fingerprint density at radius 2 is 1.83 bits per heavy atom. The summed E-state index contributed by atoms with van der Waals surface area (Å²) in [5, 5.41) is 5.04. The summed E-state index contributed by atoms with van der Waals surface area (Å²) in [6, 6.07) is 5.13. The molecule has 0 radical (unpaired) electrons. The molecule has 1 saturated heterocycles. The Morgan fingerprint density at radius 3 is 2.54 bits per heavy atom. The molecule has 2 N–H and O–H groups in total. The topological polar surface area (TPSA) is 88.4 Å². The molecule has 2 heterocycles. The molecule has 0 spiro atoms. The van der Waals surface area contributed by atoms with E-state index in [1.54, 1.807) is 18.2 Å². The lowest BCUT2D eigenvalue weighted by Gasteiger charge is -2.15. The number of thiocarbonyl (C=S) groups is 1. The number of halogens is 1. The molecule has 6 nitrogen and oxygen atoms in total. The minimum atomic E-state index is -0.595. The summed E-state index contributed by atoms with van der Waals surface area (Å²) >= 11 is 8.01. The molecule has 2 aromatic rings. The highest BCUT2D eigenvalue weighted by Crippen LogP contribution is 2.18. The smallest absolute Gasteiger partial charge is 0.263 e. The zero-order chi connectivity index (χ0) is 17.3. The van der Waals surface area contributed by atoms with E-state index >= 15 is 0 Å². The van der Waals surface area contributed by atoms with Crippen LogP contribution in [0.1, 0.15) is 5.56 Å². The Bertz CT molecular complexity index is 985. The van der Waals surface area contributed by atoms with Crippen molar-refractivity contribution in [2.75, 3.05) is 0 Å².